The van der Waals surface area contributed by atoms with Crippen molar-refractivity contribution < 1.29 is 14.3 Å². The smallest absolute Gasteiger partial charge is 0.243 e. The molecule has 10 nitrogen and oxygen atoms in total. The van der Waals surface area contributed by atoms with E-state index in [9.17, 15) is 10.1 Å². The summed E-state index contributed by atoms with van der Waals surface area (Å²) in [6, 6.07) is 10.8. The summed E-state index contributed by atoms with van der Waals surface area (Å²) in [4.78, 5) is 28.7. The van der Waals surface area contributed by atoms with Gasteiger partial charge in [0.15, 0.2) is 5.52 Å². The molecule has 36 heavy (non-hydrogen) atoms. The summed E-state index contributed by atoms with van der Waals surface area (Å²) in [6.07, 6.45) is 1.86. The van der Waals surface area contributed by atoms with E-state index in [2.05, 4.69) is 31.2 Å². The SMILES string of the molecule is C[C@@H](Oc1nc(-c2ccc(N3CCN(C4COC4)CC3)c(C#N)c2)cc2[nH]cnc12)[C@H]1CNC(=O)C1. The molecule has 0 bridgehead atoms. The summed E-state index contributed by atoms with van der Waals surface area (Å²) in [5.41, 5.74) is 4.58. The lowest BCUT2D eigenvalue weighted by atomic mass is 10.0. The first-order chi connectivity index (χ1) is 17.6. The molecule has 1 amide bonds. The van der Waals surface area contributed by atoms with E-state index < -0.39 is 0 Å². The van der Waals surface area contributed by atoms with E-state index in [0.717, 1.165) is 56.2 Å². The molecular formula is C26H29N7O3. The Labute approximate surface area is 209 Å². The number of nitrogens with zero attached hydrogens (tertiary/aromatic N) is 5. The van der Waals surface area contributed by atoms with Crippen LogP contribution in [0.1, 0.15) is 18.9 Å². The van der Waals surface area contributed by atoms with Gasteiger partial charge in [-0.3, -0.25) is 9.69 Å². The molecule has 2 aromatic heterocycles. The van der Waals surface area contributed by atoms with Crippen LogP contribution in [0.25, 0.3) is 22.3 Å². The predicted molar refractivity (Wildman–Crippen MR) is 134 cm³/mol. The molecule has 3 aliphatic heterocycles. The van der Waals surface area contributed by atoms with Crippen LogP contribution >= 0.6 is 0 Å². The maximum atomic E-state index is 11.6. The van der Waals surface area contributed by atoms with E-state index in [-0.39, 0.29) is 17.9 Å². The van der Waals surface area contributed by atoms with Crippen molar-refractivity contribution in [2.24, 2.45) is 5.92 Å². The molecule has 6 rings (SSSR count). The fourth-order valence-electron chi connectivity index (χ4n) is 5.20. The number of ether oxygens (including phenoxy) is 2. The van der Waals surface area contributed by atoms with E-state index in [1.165, 1.54) is 0 Å². The molecule has 0 unspecified atom stereocenters. The van der Waals surface area contributed by atoms with Crippen molar-refractivity contribution >= 4 is 22.6 Å². The van der Waals surface area contributed by atoms with Crippen LogP contribution < -0.4 is 15.0 Å². The van der Waals surface area contributed by atoms with Gasteiger partial charge < -0.3 is 24.7 Å². The lowest BCUT2D eigenvalue weighted by Gasteiger charge is -2.43. The number of carbonyl (C=O) groups is 1. The zero-order valence-corrected chi connectivity index (χ0v) is 20.2. The van der Waals surface area contributed by atoms with Gasteiger partial charge in [-0.25, -0.2) is 9.97 Å². The number of aromatic amines is 1. The van der Waals surface area contributed by atoms with E-state index in [1.54, 1.807) is 6.33 Å². The fraction of sp³-hybridized carbons (Fsp3) is 0.462. The van der Waals surface area contributed by atoms with E-state index in [4.69, 9.17) is 14.5 Å². The number of pyridine rings is 1. The first-order valence-electron chi connectivity index (χ1n) is 12.5. The van der Waals surface area contributed by atoms with Gasteiger partial charge in [0.1, 0.15) is 12.2 Å². The van der Waals surface area contributed by atoms with Crippen LogP contribution in [0.3, 0.4) is 0 Å². The number of nitriles is 1. The molecule has 0 saturated carbocycles. The molecule has 3 saturated heterocycles. The molecule has 2 N–H and O–H groups in total. The molecule has 0 radical (unpaired) electrons. The summed E-state index contributed by atoms with van der Waals surface area (Å²) < 4.78 is 11.6. The number of aromatic nitrogens is 3. The van der Waals surface area contributed by atoms with Gasteiger partial charge in [0.05, 0.1) is 48.0 Å². The van der Waals surface area contributed by atoms with Crippen LogP contribution in [0.15, 0.2) is 30.6 Å². The Morgan fingerprint density at radius 1 is 1.22 bits per heavy atom. The Morgan fingerprint density at radius 2 is 2.06 bits per heavy atom. The topological polar surface area (TPSA) is 119 Å². The maximum Gasteiger partial charge on any atom is 0.243 e. The quantitative estimate of drug-likeness (QED) is 0.541. The molecular weight excluding hydrogens is 458 g/mol. The molecule has 3 aliphatic rings. The van der Waals surface area contributed by atoms with Gasteiger partial charge in [0.2, 0.25) is 11.8 Å². The number of carbonyl (C=O) groups excluding carboxylic acids is 1. The number of benzene rings is 1. The maximum absolute atomic E-state index is 11.6. The summed E-state index contributed by atoms with van der Waals surface area (Å²) >= 11 is 0. The van der Waals surface area contributed by atoms with E-state index >= 15 is 0 Å². The molecule has 1 aromatic carbocycles. The highest BCUT2D eigenvalue weighted by atomic mass is 16.5. The Bertz CT molecular complexity index is 1320. The average Bonchev–Trinajstić information content (AvgIpc) is 3.52. The summed E-state index contributed by atoms with van der Waals surface area (Å²) in [5, 5.41) is 12.8. The normalized spacial score (nSPS) is 21.7. The first-order valence-corrected chi connectivity index (χ1v) is 12.5. The van der Waals surface area contributed by atoms with Crippen molar-refractivity contribution in [1.82, 2.24) is 25.2 Å². The summed E-state index contributed by atoms with van der Waals surface area (Å²) in [6.45, 7) is 7.92. The number of H-pyrrole nitrogens is 1. The number of piperazine rings is 1. The third kappa shape index (κ3) is 4.25. The van der Waals surface area contributed by atoms with Crippen LogP contribution in [0.2, 0.25) is 0 Å². The molecule has 3 aromatic rings. The molecule has 5 heterocycles. The number of anilines is 1. The van der Waals surface area contributed by atoms with Gasteiger partial charge in [0, 0.05) is 50.6 Å². The van der Waals surface area contributed by atoms with Crippen LogP contribution in [0.4, 0.5) is 5.69 Å². The third-order valence-electron chi connectivity index (χ3n) is 7.55. The zero-order chi connectivity index (χ0) is 24.6. The summed E-state index contributed by atoms with van der Waals surface area (Å²) in [5.74, 6) is 0.553. The fourth-order valence-corrected chi connectivity index (χ4v) is 5.20. The number of imidazole rings is 1. The number of nitrogens with one attached hydrogen (secondary N) is 2. The monoisotopic (exact) mass is 487 g/mol. The Morgan fingerprint density at radius 3 is 2.75 bits per heavy atom. The lowest BCUT2D eigenvalue weighted by molar-refractivity contribution is -0.119. The van der Waals surface area contributed by atoms with E-state index in [1.807, 2.05) is 31.2 Å². The molecule has 2 atom stereocenters. The number of rotatable bonds is 6. The highest BCUT2D eigenvalue weighted by Gasteiger charge is 2.30. The number of fused-ring (bicyclic) bond motifs is 1. The Balaban J connectivity index is 1.25. The highest BCUT2D eigenvalue weighted by Crippen LogP contribution is 2.32. The zero-order valence-electron chi connectivity index (χ0n) is 20.2. The van der Waals surface area contributed by atoms with Crippen LogP contribution in [0, 0.1) is 17.2 Å². The van der Waals surface area contributed by atoms with E-state index in [0.29, 0.717) is 41.7 Å². The number of hydrogen-bond donors (Lipinski definition) is 2. The van der Waals surface area contributed by atoms with Gasteiger partial charge in [-0.1, -0.05) is 6.07 Å². The second-order valence-corrected chi connectivity index (χ2v) is 9.76. The van der Waals surface area contributed by atoms with Crippen LogP contribution in [-0.4, -0.2) is 83.8 Å². The van der Waals surface area contributed by atoms with Crippen molar-refractivity contribution in [3.05, 3.63) is 36.2 Å². The van der Waals surface area contributed by atoms with Gasteiger partial charge in [-0.05, 0) is 25.1 Å². The summed E-state index contributed by atoms with van der Waals surface area (Å²) in [7, 11) is 0. The average molecular weight is 488 g/mol. The van der Waals surface area contributed by atoms with Crippen molar-refractivity contribution in [3.8, 4) is 23.2 Å². The minimum atomic E-state index is -0.200. The van der Waals surface area contributed by atoms with Crippen LogP contribution in [-0.2, 0) is 9.53 Å². The van der Waals surface area contributed by atoms with Gasteiger partial charge in [-0.15, -0.1) is 0 Å². The standard InChI is InChI=1S/C26H29N7O3/c1-16(19-9-24(34)28-12-19)36-26-25-22(29-15-30-25)10-21(31-26)17-2-3-23(18(8-17)11-27)33-6-4-32(5-7-33)20-13-35-14-20/h2-3,8,10,15-16,19-20H,4-7,9,12-14H2,1H3,(H,28,34)(H,29,30)/t16-,19-/m1/s1. The second-order valence-electron chi connectivity index (χ2n) is 9.76. The molecule has 186 valence electrons. The largest absolute Gasteiger partial charge is 0.473 e. The van der Waals surface area contributed by atoms with Crippen molar-refractivity contribution in [2.75, 3.05) is 50.8 Å². The predicted octanol–water partition coefficient (Wildman–Crippen LogP) is 1.92. The second kappa shape index (κ2) is 9.41. The van der Waals surface area contributed by atoms with Crippen molar-refractivity contribution in [3.63, 3.8) is 0 Å². The highest BCUT2D eigenvalue weighted by molar-refractivity contribution is 5.84. The number of amides is 1. The Hall–Kier alpha value is -3.68. The molecule has 0 spiro atoms. The minimum Gasteiger partial charge on any atom is -0.473 e. The lowest BCUT2D eigenvalue weighted by Crippen LogP contribution is -2.56. The first kappa shape index (κ1) is 22.8. The number of hydrogen-bond acceptors (Lipinski definition) is 8. The molecule has 3 fully saturated rings. The molecule has 0 aliphatic carbocycles. The van der Waals surface area contributed by atoms with Gasteiger partial charge in [-0.2, -0.15) is 5.26 Å². The molecule has 10 heteroatoms. The Kier molecular flexibility index (Phi) is 5.95. The van der Waals surface area contributed by atoms with Gasteiger partial charge in [0.25, 0.3) is 0 Å². The van der Waals surface area contributed by atoms with Crippen molar-refractivity contribution in [1.29, 1.82) is 5.26 Å². The van der Waals surface area contributed by atoms with Crippen molar-refractivity contribution in [2.45, 2.75) is 25.5 Å². The van der Waals surface area contributed by atoms with Gasteiger partial charge >= 0.3 is 0 Å². The minimum absolute atomic E-state index is 0.0460. The van der Waals surface area contributed by atoms with Crippen LogP contribution in [0.5, 0.6) is 5.88 Å². The third-order valence-corrected chi connectivity index (χ3v) is 7.55.